The van der Waals surface area contributed by atoms with Gasteiger partial charge < -0.3 is 19.7 Å². The average molecular weight is 439 g/mol. The van der Waals surface area contributed by atoms with Gasteiger partial charge in [0.1, 0.15) is 24.8 Å². The number of aryl methyl sites for hydroxylation is 1. The third-order valence-corrected chi connectivity index (χ3v) is 5.19. The summed E-state index contributed by atoms with van der Waals surface area (Å²) in [6, 6.07) is 5.62. The molecule has 142 valence electrons. The molecule has 2 heterocycles. The highest BCUT2D eigenvalue weighted by Gasteiger charge is 2.24. The number of hydrogen-bond acceptors (Lipinski definition) is 4. The molecule has 0 spiro atoms. The first-order valence-electron chi connectivity index (χ1n) is 8.63. The lowest BCUT2D eigenvalue weighted by molar-refractivity contribution is -0.115. The lowest BCUT2D eigenvalue weighted by Crippen LogP contribution is -2.37. The van der Waals surface area contributed by atoms with E-state index in [1.54, 1.807) is 17.0 Å². The molecule has 5 nitrogen and oxygen atoms in total. The van der Waals surface area contributed by atoms with Gasteiger partial charge in [0.25, 0.3) is 0 Å². The number of anilines is 2. The number of amides is 1. The highest BCUT2D eigenvalue weighted by Crippen LogP contribution is 2.38. The van der Waals surface area contributed by atoms with E-state index in [4.69, 9.17) is 9.47 Å². The van der Waals surface area contributed by atoms with Crippen molar-refractivity contribution in [1.29, 1.82) is 0 Å². The Morgan fingerprint density at radius 2 is 1.89 bits per heavy atom. The average Bonchev–Trinajstić information content (AvgIpc) is 2.62. The highest BCUT2D eigenvalue weighted by molar-refractivity contribution is 9.10. The predicted octanol–water partition coefficient (Wildman–Crippen LogP) is 3.89. The summed E-state index contributed by atoms with van der Waals surface area (Å²) in [5, 5.41) is 2.81. The molecule has 0 unspecified atom stereocenters. The van der Waals surface area contributed by atoms with E-state index in [1.807, 2.05) is 0 Å². The maximum Gasteiger partial charge on any atom is 0.243 e. The van der Waals surface area contributed by atoms with E-state index in [9.17, 15) is 13.6 Å². The summed E-state index contributed by atoms with van der Waals surface area (Å²) >= 11 is 3.41. The van der Waals surface area contributed by atoms with Gasteiger partial charge in [-0.2, -0.15) is 0 Å². The molecule has 27 heavy (non-hydrogen) atoms. The Bertz CT molecular complexity index is 907. The van der Waals surface area contributed by atoms with Gasteiger partial charge in [0.15, 0.2) is 11.5 Å². The summed E-state index contributed by atoms with van der Waals surface area (Å²) in [4.78, 5) is 14.2. The number of benzene rings is 2. The second-order valence-corrected chi connectivity index (χ2v) is 7.30. The number of nitrogens with zero attached hydrogens (tertiary/aromatic N) is 1. The Hall–Kier alpha value is -2.35. The van der Waals surface area contributed by atoms with Crippen molar-refractivity contribution in [3.8, 4) is 11.5 Å². The first kappa shape index (κ1) is 18.0. The second-order valence-electron chi connectivity index (χ2n) is 6.44. The van der Waals surface area contributed by atoms with Crippen molar-refractivity contribution in [3.05, 3.63) is 45.9 Å². The summed E-state index contributed by atoms with van der Waals surface area (Å²) in [6.07, 6.45) is 1.33. The third kappa shape index (κ3) is 3.71. The fourth-order valence-corrected chi connectivity index (χ4v) is 3.84. The van der Waals surface area contributed by atoms with Crippen LogP contribution in [0, 0.1) is 11.6 Å². The number of fused-ring (bicyclic) bond motifs is 2. The van der Waals surface area contributed by atoms with Gasteiger partial charge in [0.2, 0.25) is 5.91 Å². The molecular formula is C19H17BrF2N2O3. The number of rotatable bonds is 3. The maximum atomic E-state index is 14.3. The van der Waals surface area contributed by atoms with Crippen LogP contribution in [0.15, 0.2) is 28.7 Å². The molecule has 1 N–H and O–H groups in total. The number of halogens is 3. The number of ether oxygens (including phenoxy) is 2. The summed E-state index contributed by atoms with van der Waals surface area (Å²) in [6.45, 7) is 1.43. The van der Waals surface area contributed by atoms with Crippen LogP contribution in [0.2, 0.25) is 0 Å². The number of carbonyl (C=O) groups excluding carboxylic acids is 1. The van der Waals surface area contributed by atoms with Crippen LogP contribution in [0.5, 0.6) is 11.5 Å². The van der Waals surface area contributed by atoms with Gasteiger partial charge in [-0.1, -0.05) is 0 Å². The van der Waals surface area contributed by atoms with Crippen LogP contribution in [0.25, 0.3) is 0 Å². The van der Waals surface area contributed by atoms with Gasteiger partial charge in [0, 0.05) is 29.2 Å². The van der Waals surface area contributed by atoms with Gasteiger partial charge in [-0.25, -0.2) is 8.78 Å². The van der Waals surface area contributed by atoms with Crippen LogP contribution in [-0.2, 0) is 11.2 Å². The minimum Gasteiger partial charge on any atom is -0.486 e. The van der Waals surface area contributed by atoms with Gasteiger partial charge in [-0.15, -0.1) is 0 Å². The van der Waals surface area contributed by atoms with Crippen LogP contribution in [0.1, 0.15) is 12.0 Å². The van der Waals surface area contributed by atoms with Crippen molar-refractivity contribution in [2.75, 3.05) is 36.5 Å². The Morgan fingerprint density at radius 1 is 1.15 bits per heavy atom. The first-order valence-corrected chi connectivity index (χ1v) is 9.42. The summed E-state index contributed by atoms with van der Waals surface area (Å²) < 4.78 is 39.4. The molecule has 2 aromatic rings. The van der Waals surface area contributed by atoms with Crippen LogP contribution in [-0.4, -0.2) is 32.2 Å². The molecular weight excluding hydrogens is 422 g/mol. The quantitative estimate of drug-likeness (QED) is 0.789. The minimum atomic E-state index is -0.641. The highest BCUT2D eigenvalue weighted by atomic mass is 79.9. The summed E-state index contributed by atoms with van der Waals surface area (Å²) in [7, 11) is 0. The molecule has 0 aliphatic carbocycles. The molecule has 4 rings (SSSR count). The zero-order chi connectivity index (χ0) is 19.0. The predicted molar refractivity (Wildman–Crippen MR) is 101 cm³/mol. The van der Waals surface area contributed by atoms with E-state index in [0.717, 1.165) is 12.5 Å². The van der Waals surface area contributed by atoms with Crippen LogP contribution >= 0.6 is 15.9 Å². The molecule has 0 saturated heterocycles. The molecule has 2 aliphatic heterocycles. The van der Waals surface area contributed by atoms with E-state index < -0.39 is 11.6 Å². The van der Waals surface area contributed by atoms with Crippen LogP contribution < -0.4 is 19.7 Å². The van der Waals surface area contributed by atoms with Gasteiger partial charge in [-0.05, 0) is 40.4 Å². The van der Waals surface area contributed by atoms with Crippen molar-refractivity contribution < 1.29 is 23.0 Å². The molecule has 2 aliphatic rings. The molecule has 0 saturated carbocycles. The largest absolute Gasteiger partial charge is 0.486 e. The van der Waals surface area contributed by atoms with Crippen molar-refractivity contribution in [2.24, 2.45) is 0 Å². The first-order chi connectivity index (χ1) is 13.0. The normalized spacial score (nSPS) is 15.3. The molecule has 1 amide bonds. The Balaban J connectivity index is 1.51. The molecule has 0 aromatic heterocycles. The molecule has 0 atom stereocenters. The maximum absolute atomic E-state index is 14.3. The molecule has 2 aromatic carbocycles. The smallest absolute Gasteiger partial charge is 0.243 e. The third-order valence-electron chi connectivity index (χ3n) is 4.54. The van der Waals surface area contributed by atoms with E-state index >= 15 is 0 Å². The van der Waals surface area contributed by atoms with Crippen molar-refractivity contribution >= 4 is 33.2 Å². The zero-order valence-electron chi connectivity index (χ0n) is 14.4. The van der Waals surface area contributed by atoms with E-state index in [0.29, 0.717) is 59.1 Å². The Morgan fingerprint density at radius 3 is 2.67 bits per heavy atom. The van der Waals surface area contributed by atoms with Crippen molar-refractivity contribution in [1.82, 2.24) is 0 Å². The number of hydrogen-bond donors (Lipinski definition) is 1. The Kier molecular flexibility index (Phi) is 4.90. The SMILES string of the molecule is O=C(CN1CCCc2cc(F)cc(F)c21)Nc1cc2c(cc1Br)OCCO2. The molecule has 8 heteroatoms. The van der Waals surface area contributed by atoms with Gasteiger partial charge >= 0.3 is 0 Å². The summed E-state index contributed by atoms with van der Waals surface area (Å²) in [5.74, 6) is -0.371. The van der Waals surface area contributed by atoms with E-state index in [2.05, 4.69) is 21.2 Å². The van der Waals surface area contributed by atoms with Crippen molar-refractivity contribution in [2.45, 2.75) is 12.8 Å². The molecule has 0 fully saturated rings. The monoisotopic (exact) mass is 438 g/mol. The lowest BCUT2D eigenvalue weighted by Gasteiger charge is -2.31. The minimum absolute atomic E-state index is 0.0313. The fraction of sp³-hybridized carbons (Fsp3) is 0.316. The zero-order valence-corrected chi connectivity index (χ0v) is 15.9. The number of carbonyl (C=O) groups is 1. The second kappa shape index (κ2) is 7.34. The molecule has 0 radical (unpaired) electrons. The van der Waals surface area contributed by atoms with Gasteiger partial charge in [0.05, 0.1) is 17.9 Å². The van der Waals surface area contributed by atoms with Crippen LogP contribution in [0.3, 0.4) is 0 Å². The summed E-state index contributed by atoms with van der Waals surface area (Å²) in [5.41, 5.74) is 1.44. The fourth-order valence-electron chi connectivity index (χ4n) is 3.42. The Labute approximate surface area is 163 Å². The van der Waals surface area contributed by atoms with Gasteiger partial charge in [-0.3, -0.25) is 4.79 Å². The van der Waals surface area contributed by atoms with Crippen molar-refractivity contribution in [3.63, 3.8) is 0 Å². The topological polar surface area (TPSA) is 50.8 Å². The van der Waals surface area contributed by atoms with E-state index in [1.165, 1.54) is 6.07 Å². The van der Waals surface area contributed by atoms with Crippen LogP contribution in [0.4, 0.5) is 20.2 Å². The lowest BCUT2D eigenvalue weighted by atomic mass is 10.0. The van der Waals surface area contributed by atoms with E-state index in [-0.39, 0.29) is 12.5 Å². The standard InChI is InChI=1S/C19H17BrF2N2O3/c20-13-8-16-17(27-5-4-26-16)9-15(13)23-18(25)10-24-3-1-2-11-6-12(21)7-14(22)19(11)24/h6-9H,1-5,10H2,(H,23,25). The molecule has 0 bridgehead atoms. The number of nitrogens with one attached hydrogen (secondary N) is 1.